The van der Waals surface area contributed by atoms with Gasteiger partial charge < -0.3 is 15.0 Å². The lowest BCUT2D eigenvalue weighted by Gasteiger charge is -2.37. The molecule has 1 N–H and O–H groups in total. The molecule has 2 aliphatic heterocycles. The third-order valence-corrected chi connectivity index (χ3v) is 6.55. The van der Waals surface area contributed by atoms with Gasteiger partial charge in [-0.15, -0.1) is 0 Å². The van der Waals surface area contributed by atoms with E-state index in [0.717, 1.165) is 24.3 Å². The van der Waals surface area contributed by atoms with Crippen molar-refractivity contribution in [2.24, 2.45) is 5.92 Å². The highest BCUT2D eigenvalue weighted by Crippen LogP contribution is 2.37. The van der Waals surface area contributed by atoms with E-state index in [-0.39, 0.29) is 18.5 Å². The molecule has 7 heteroatoms. The maximum absolute atomic E-state index is 13.1. The van der Waals surface area contributed by atoms with Crippen LogP contribution < -0.4 is 10.1 Å². The molecule has 3 aliphatic rings. The SMILES string of the molecule is COc1ccc([C@@]2(C)NC(=O)N(CC(=O)N3CCC[C@@H]3C3CCC3)C2=O)cc1. The minimum Gasteiger partial charge on any atom is -0.497 e. The standard InChI is InChI=1S/C21H27N3O4/c1-21(15-8-10-16(28-2)11-9-15)19(26)24(20(27)22-21)13-18(25)23-12-4-7-17(23)14-5-3-6-14/h8-11,14,17H,3-7,12-13H2,1-2H3,(H,22,27)/t17-,21-/m1/s1. The van der Waals surface area contributed by atoms with Crippen molar-refractivity contribution < 1.29 is 19.1 Å². The molecule has 2 heterocycles. The number of nitrogens with one attached hydrogen (secondary N) is 1. The molecule has 0 unspecified atom stereocenters. The van der Waals surface area contributed by atoms with Crippen LogP contribution in [0.15, 0.2) is 24.3 Å². The van der Waals surface area contributed by atoms with Crippen molar-refractivity contribution in [3.8, 4) is 5.75 Å². The molecule has 150 valence electrons. The molecule has 0 radical (unpaired) electrons. The van der Waals surface area contributed by atoms with Gasteiger partial charge in [0.05, 0.1) is 7.11 Å². The molecule has 1 aromatic rings. The molecule has 3 fully saturated rings. The molecule has 1 saturated carbocycles. The molecule has 4 rings (SSSR count). The van der Waals surface area contributed by atoms with Gasteiger partial charge in [0.1, 0.15) is 17.8 Å². The van der Waals surface area contributed by atoms with E-state index in [4.69, 9.17) is 4.74 Å². The van der Waals surface area contributed by atoms with E-state index in [2.05, 4.69) is 5.32 Å². The Kier molecular flexibility index (Phi) is 4.77. The zero-order valence-electron chi connectivity index (χ0n) is 16.4. The van der Waals surface area contributed by atoms with Crippen molar-refractivity contribution in [3.63, 3.8) is 0 Å². The number of imide groups is 1. The van der Waals surface area contributed by atoms with Crippen molar-refractivity contribution in [1.29, 1.82) is 0 Å². The number of benzene rings is 1. The number of urea groups is 1. The van der Waals surface area contributed by atoms with E-state index in [1.54, 1.807) is 38.3 Å². The zero-order chi connectivity index (χ0) is 19.9. The zero-order valence-corrected chi connectivity index (χ0v) is 16.4. The molecule has 2 atom stereocenters. The number of rotatable bonds is 5. The van der Waals surface area contributed by atoms with Gasteiger partial charge in [0.25, 0.3) is 5.91 Å². The van der Waals surface area contributed by atoms with Crippen LogP contribution in [-0.2, 0) is 15.1 Å². The Morgan fingerprint density at radius 1 is 1.18 bits per heavy atom. The molecule has 4 amide bonds. The number of hydrogen-bond acceptors (Lipinski definition) is 4. The summed E-state index contributed by atoms with van der Waals surface area (Å²) >= 11 is 0. The highest BCUT2D eigenvalue weighted by Gasteiger charge is 2.50. The Bertz CT molecular complexity index is 789. The van der Waals surface area contributed by atoms with Crippen LogP contribution in [0.5, 0.6) is 5.75 Å². The smallest absolute Gasteiger partial charge is 0.325 e. The summed E-state index contributed by atoms with van der Waals surface area (Å²) in [5.74, 6) is 0.735. The number of carbonyl (C=O) groups excluding carboxylic acids is 3. The number of carbonyl (C=O) groups is 3. The van der Waals surface area contributed by atoms with Crippen LogP contribution >= 0.6 is 0 Å². The summed E-state index contributed by atoms with van der Waals surface area (Å²) in [7, 11) is 1.57. The summed E-state index contributed by atoms with van der Waals surface area (Å²) in [6.45, 7) is 2.20. The lowest BCUT2D eigenvalue weighted by atomic mass is 9.79. The number of hydrogen-bond donors (Lipinski definition) is 1. The number of ether oxygens (including phenoxy) is 1. The van der Waals surface area contributed by atoms with Crippen molar-refractivity contribution in [2.45, 2.75) is 50.6 Å². The molecule has 2 saturated heterocycles. The Hall–Kier alpha value is -2.57. The van der Waals surface area contributed by atoms with Crippen LogP contribution in [-0.4, -0.2) is 53.9 Å². The summed E-state index contributed by atoms with van der Waals surface area (Å²) in [4.78, 5) is 41.5. The third kappa shape index (κ3) is 3.02. The Labute approximate surface area is 165 Å². The quantitative estimate of drug-likeness (QED) is 0.789. The van der Waals surface area contributed by atoms with Crippen molar-refractivity contribution in [3.05, 3.63) is 29.8 Å². The first-order valence-electron chi connectivity index (χ1n) is 10.0. The fourth-order valence-electron chi connectivity index (χ4n) is 4.60. The van der Waals surface area contributed by atoms with Crippen molar-refractivity contribution in [2.75, 3.05) is 20.2 Å². The second-order valence-corrected chi connectivity index (χ2v) is 8.16. The van der Waals surface area contributed by atoms with E-state index in [0.29, 0.717) is 17.2 Å². The minimum atomic E-state index is -1.18. The Balaban J connectivity index is 1.48. The summed E-state index contributed by atoms with van der Waals surface area (Å²) in [6, 6.07) is 6.78. The first kappa shape index (κ1) is 18.8. The van der Waals surface area contributed by atoms with Gasteiger partial charge in [0.15, 0.2) is 0 Å². The number of nitrogens with zero attached hydrogens (tertiary/aromatic N) is 2. The van der Waals surface area contributed by atoms with E-state index >= 15 is 0 Å². The average molecular weight is 385 g/mol. The normalized spacial score (nSPS) is 27.7. The van der Waals surface area contributed by atoms with Crippen molar-refractivity contribution in [1.82, 2.24) is 15.1 Å². The van der Waals surface area contributed by atoms with Crippen molar-refractivity contribution >= 4 is 17.8 Å². The highest BCUT2D eigenvalue weighted by atomic mass is 16.5. The second kappa shape index (κ2) is 7.11. The minimum absolute atomic E-state index is 0.128. The molecule has 0 spiro atoms. The van der Waals surface area contributed by atoms with E-state index < -0.39 is 17.5 Å². The lowest BCUT2D eigenvalue weighted by Crippen LogP contribution is -2.48. The molecule has 1 aliphatic carbocycles. The first-order chi connectivity index (χ1) is 13.4. The van der Waals surface area contributed by atoms with Gasteiger partial charge in [-0.25, -0.2) is 4.79 Å². The van der Waals surface area contributed by atoms with E-state index in [1.807, 2.05) is 4.90 Å². The summed E-state index contributed by atoms with van der Waals surface area (Å²) < 4.78 is 5.15. The predicted molar refractivity (Wildman–Crippen MR) is 103 cm³/mol. The summed E-state index contributed by atoms with van der Waals surface area (Å²) in [5.41, 5.74) is -0.516. The highest BCUT2D eigenvalue weighted by molar-refractivity contribution is 6.09. The third-order valence-electron chi connectivity index (χ3n) is 6.55. The molecule has 7 nitrogen and oxygen atoms in total. The van der Waals surface area contributed by atoms with E-state index in [1.165, 1.54) is 19.3 Å². The largest absolute Gasteiger partial charge is 0.497 e. The molecular weight excluding hydrogens is 358 g/mol. The van der Waals surface area contributed by atoms with Gasteiger partial charge >= 0.3 is 6.03 Å². The Morgan fingerprint density at radius 3 is 2.50 bits per heavy atom. The number of likely N-dealkylation sites (tertiary alicyclic amines) is 1. The fourth-order valence-corrected chi connectivity index (χ4v) is 4.60. The van der Waals surface area contributed by atoms with Crippen LogP contribution in [0.25, 0.3) is 0 Å². The van der Waals surface area contributed by atoms with Crippen LogP contribution in [0.4, 0.5) is 4.79 Å². The summed E-state index contributed by atoms with van der Waals surface area (Å²) in [6.07, 6.45) is 5.60. The average Bonchev–Trinajstić information content (AvgIpc) is 3.20. The van der Waals surface area contributed by atoms with Crippen LogP contribution in [0.1, 0.15) is 44.6 Å². The Morgan fingerprint density at radius 2 is 1.89 bits per heavy atom. The van der Waals surface area contributed by atoms with Gasteiger partial charge in [0, 0.05) is 12.6 Å². The summed E-state index contributed by atoms with van der Waals surface area (Å²) in [5, 5.41) is 2.76. The molecular formula is C21H27N3O4. The van der Waals surface area contributed by atoms with Gasteiger partial charge in [-0.2, -0.15) is 0 Å². The lowest BCUT2D eigenvalue weighted by molar-refractivity contribution is -0.140. The number of methoxy groups -OCH3 is 1. The topological polar surface area (TPSA) is 79.0 Å². The molecule has 1 aromatic carbocycles. The van der Waals surface area contributed by atoms with Crippen LogP contribution in [0, 0.1) is 5.92 Å². The van der Waals surface area contributed by atoms with Crippen LogP contribution in [0.3, 0.4) is 0 Å². The molecule has 0 bridgehead atoms. The van der Waals surface area contributed by atoms with Gasteiger partial charge in [-0.05, 0) is 56.2 Å². The van der Waals surface area contributed by atoms with Gasteiger partial charge in [-0.1, -0.05) is 18.6 Å². The molecule has 28 heavy (non-hydrogen) atoms. The number of amides is 4. The molecule has 0 aromatic heterocycles. The maximum atomic E-state index is 13.1. The van der Waals surface area contributed by atoms with E-state index in [9.17, 15) is 14.4 Å². The predicted octanol–water partition coefficient (Wildman–Crippen LogP) is 2.25. The fraction of sp³-hybridized carbons (Fsp3) is 0.571. The van der Waals surface area contributed by atoms with Gasteiger partial charge in [0.2, 0.25) is 5.91 Å². The van der Waals surface area contributed by atoms with Crippen LogP contribution in [0.2, 0.25) is 0 Å². The second-order valence-electron chi connectivity index (χ2n) is 8.16. The first-order valence-corrected chi connectivity index (χ1v) is 10.0. The van der Waals surface area contributed by atoms with Gasteiger partial charge in [-0.3, -0.25) is 14.5 Å². The monoisotopic (exact) mass is 385 g/mol. The maximum Gasteiger partial charge on any atom is 0.325 e.